The van der Waals surface area contributed by atoms with Crippen LogP contribution in [0.4, 0.5) is 10.5 Å². The van der Waals surface area contributed by atoms with Crippen LogP contribution < -0.4 is 24.8 Å². The van der Waals surface area contributed by atoms with Crippen molar-refractivity contribution in [1.29, 1.82) is 0 Å². The monoisotopic (exact) mass is 519 g/mol. The van der Waals surface area contributed by atoms with Gasteiger partial charge < -0.3 is 25.0 Å². The second kappa shape index (κ2) is 12.9. The topological polar surface area (TPSA) is 122 Å². The van der Waals surface area contributed by atoms with Crippen LogP contribution in [-0.2, 0) is 10.0 Å². The van der Waals surface area contributed by atoms with Crippen molar-refractivity contribution in [1.82, 2.24) is 19.9 Å². The fourth-order valence-corrected chi connectivity index (χ4v) is 5.61. The summed E-state index contributed by atoms with van der Waals surface area (Å²) in [5.41, 5.74) is 2.46. The van der Waals surface area contributed by atoms with Gasteiger partial charge in [0.25, 0.3) is 0 Å². The van der Waals surface area contributed by atoms with Gasteiger partial charge in [-0.3, -0.25) is 4.98 Å². The summed E-state index contributed by atoms with van der Waals surface area (Å²) in [6.07, 6.45) is 2.75. The molecule has 10 nitrogen and oxygen atoms in total. The van der Waals surface area contributed by atoms with Crippen LogP contribution >= 0.6 is 0 Å². The van der Waals surface area contributed by atoms with Crippen molar-refractivity contribution in [3.05, 3.63) is 41.7 Å². The number of pyridine rings is 1. The number of likely N-dealkylation sites (tertiary alicyclic amines) is 1. The van der Waals surface area contributed by atoms with Gasteiger partial charge in [-0.05, 0) is 76.4 Å². The van der Waals surface area contributed by atoms with E-state index < -0.39 is 10.0 Å². The zero-order valence-corrected chi connectivity index (χ0v) is 22.3. The minimum Gasteiger partial charge on any atom is -0.497 e. The molecule has 2 heterocycles. The number of aromatic nitrogens is 1. The van der Waals surface area contributed by atoms with E-state index in [-0.39, 0.29) is 16.7 Å². The van der Waals surface area contributed by atoms with Gasteiger partial charge in [0.15, 0.2) is 0 Å². The Kier molecular flexibility index (Phi) is 9.91. The number of nitrogens with zero attached hydrogens (tertiary/aromatic N) is 2. The first kappa shape index (κ1) is 27.7. The van der Waals surface area contributed by atoms with Gasteiger partial charge >= 0.3 is 6.03 Å². The van der Waals surface area contributed by atoms with E-state index in [1.807, 2.05) is 26.0 Å². The quantitative estimate of drug-likeness (QED) is 0.417. The molecule has 0 spiro atoms. The summed E-state index contributed by atoms with van der Waals surface area (Å²) >= 11 is 0. The highest BCUT2D eigenvalue weighted by Gasteiger charge is 2.23. The normalized spacial score (nSPS) is 14.9. The SMILES string of the molecule is COc1ccc(OC)c(S(=O)(=O)NCCC2CCN(CCNC(=O)Nc3cc(C)nc(C)c3)CC2)c1. The van der Waals surface area contributed by atoms with Gasteiger partial charge in [0.05, 0.1) is 14.2 Å². The van der Waals surface area contributed by atoms with Crippen LogP contribution in [0.3, 0.4) is 0 Å². The van der Waals surface area contributed by atoms with Gasteiger partial charge in [-0.15, -0.1) is 0 Å². The Hall–Kier alpha value is -2.89. The highest BCUT2D eigenvalue weighted by molar-refractivity contribution is 7.89. The molecule has 1 fully saturated rings. The smallest absolute Gasteiger partial charge is 0.319 e. The van der Waals surface area contributed by atoms with E-state index in [0.29, 0.717) is 24.8 Å². The summed E-state index contributed by atoms with van der Waals surface area (Å²) in [7, 11) is -0.773. The molecule has 0 atom stereocenters. The summed E-state index contributed by atoms with van der Waals surface area (Å²) in [6.45, 7) is 7.33. The summed E-state index contributed by atoms with van der Waals surface area (Å²) in [4.78, 5) is 18.9. The van der Waals surface area contributed by atoms with Crippen molar-refractivity contribution in [3.8, 4) is 11.5 Å². The number of anilines is 1. The van der Waals surface area contributed by atoms with Crippen LogP contribution in [0.5, 0.6) is 11.5 Å². The Morgan fingerprint density at radius 2 is 1.75 bits per heavy atom. The number of hydrogen-bond donors (Lipinski definition) is 3. The Morgan fingerprint density at radius 1 is 1.06 bits per heavy atom. The fourth-order valence-electron chi connectivity index (χ4n) is 4.38. The highest BCUT2D eigenvalue weighted by Crippen LogP contribution is 2.28. The van der Waals surface area contributed by atoms with Crippen molar-refractivity contribution in [3.63, 3.8) is 0 Å². The molecule has 3 rings (SSSR count). The molecular formula is C25H37N5O5S. The largest absolute Gasteiger partial charge is 0.497 e. The molecule has 0 radical (unpaired) electrons. The number of hydrogen-bond acceptors (Lipinski definition) is 7. The van der Waals surface area contributed by atoms with E-state index in [4.69, 9.17) is 9.47 Å². The molecule has 11 heteroatoms. The van der Waals surface area contributed by atoms with Gasteiger partial charge in [-0.1, -0.05) is 0 Å². The number of urea groups is 1. The lowest BCUT2D eigenvalue weighted by molar-refractivity contribution is 0.180. The van der Waals surface area contributed by atoms with Crippen LogP contribution in [0.1, 0.15) is 30.7 Å². The Labute approximate surface area is 213 Å². The van der Waals surface area contributed by atoms with Crippen molar-refractivity contribution >= 4 is 21.7 Å². The zero-order valence-electron chi connectivity index (χ0n) is 21.5. The Balaban J connectivity index is 1.35. The number of ether oxygens (including phenoxy) is 2. The van der Waals surface area contributed by atoms with Gasteiger partial charge in [0.2, 0.25) is 10.0 Å². The lowest BCUT2D eigenvalue weighted by Gasteiger charge is -2.32. The third-order valence-electron chi connectivity index (χ3n) is 6.27. The van der Waals surface area contributed by atoms with Crippen molar-refractivity contribution in [2.24, 2.45) is 5.92 Å². The number of amides is 2. The van der Waals surface area contributed by atoms with E-state index >= 15 is 0 Å². The number of carbonyl (C=O) groups is 1. The lowest BCUT2D eigenvalue weighted by atomic mass is 9.94. The Morgan fingerprint density at radius 3 is 2.39 bits per heavy atom. The number of benzene rings is 1. The van der Waals surface area contributed by atoms with E-state index in [0.717, 1.165) is 56.0 Å². The predicted octanol–water partition coefficient (Wildman–Crippen LogP) is 2.92. The number of aryl methyl sites for hydroxylation is 2. The van der Waals surface area contributed by atoms with Crippen molar-refractivity contribution < 1.29 is 22.7 Å². The highest BCUT2D eigenvalue weighted by atomic mass is 32.2. The van der Waals surface area contributed by atoms with Crippen LogP contribution in [0.15, 0.2) is 35.2 Å². The maximum atomic E-state index is 12.8. The summed E-state index contributed by atoms with van der Waals surface area (Å²) in [5, 5.41) is 5.75. The molecule has 1 aliphatic rings. The first-order valence-corrected chi connectivity index (χ1v) is 13.6. The molecule has 36 heavy (non-hydrogen) atoms. The molecule has 198 valence electrons. The van der Waals surface area contributed by atoms with Crippen LogP contribution in [0.25, 0.3) is 0 Å². The zero-order chi connectivity index (χ0) is 26.1. The second-order valence-corrected chi connectivity index (χ2v) is 10.7. The van der Waals surface area contributed by atoms with Crippen molar-refractivity contribution in [2.45, 2.75) is 38.0 Å². The maximum absolute atomic E-state index is 12.8. The molecule has 1 aromatic heterocycles. The molecule has 2 amide bonds. The average Bonchev–Trinajstić information content (AvgIpc) is 2.84. The predicted molar refractivity (Wildman–Crippen MR) is 139 cm³/mol. The van der Waals surface area contributed by atoms with Crippen LogP contribution in [-0.4, -0.2) is 71.3 Å². The number of sulfonamides is 1. The molecule has 2 aromatic rings. The first-order valence-electron chi connectivity index (χ1n) is 12.1. The number of rotatable bonds is 11. The van der Waals surface area contributed by atoms with E-state index in [9.17, 15) is 13.2 Å². The lowest BCUT2D eigenvalue weighted by Crippen LogP contribution is -2.41. The van der Waals surface area contributed by atoms with Gasteiger partial charge in [-0.25, -0.2) is 17.9 Å². The van der Waals surface area contributed by atoms with Crippen LogP contribution in [0, 0.1) is 19.8 Å². The molecule has 0 saturated carbocycles. The van der Waals surface area contributed by atoms with Crippen molar-refractivity contribution in [2.75, 3.05) is 52.3 Å². The summed E-state index contributed by atoms with van der Waals surface area (Å²) in [6, 6.07) is 8.16. The minimum absolute atomic E-state index is 0.0740. The van der Waals surface area contributed by atoms with E-state index in [1.54, 1.807) is 12.1 Å². The summed E-state index contributed by atoms with van der Waals surface area (Å²) < 4.78 is 38.7. The standard InChI is InChI=1S/C25H37N5O5S/c1-18-15-21(16-19(2)28-18)29-25(31)26-11-14-30-12-8-20(9-13-30)7-10-27-36(32,33)24-17-22(34-3)5-6-23(24)35-4/h5-6,15-17,20,27H,7-14H2,1-4H3,(H2,26,28,29,31). The molecular weight excluding hydrogens is 482 g/mol. The number of piperidine rings is 1. The molecule has 0 bridgehead atoms. The van der Waals surface area contributed by atoms with Crippen LogP contribution in [0.2, 0.25) is 0 Å². The average molecular weight is 520 g/mol. The number of carbonyl (C=O) groups excluding carboxylic acids is 1. The minimum atomic E-state index is -3.71. The Bertz CT molecular complexity index is 1110. The first-order chi connectivity index (χ1) is 17.2. The third-order valence-corrected chi connectivity index (χ3v) is 7.75. The second-order valence-electron chi connectivity index (χ2n) is 9.01. The summed E-state index contributed by atoms with van der Waals surface area (Å²) in [5.74, 6) is 1.19. The molecule has 0 aliphatic carbocycles. The van der Waals surface area contributed by atoms with Gasteiger partial charge in [0, 0.05) is 42.8 Å². The maximum Gasteiger partial charge on any atom is 0.319 e. The fraction of sp³-hybridized carbons (Fsp3) is 0.520. The van der Waals surface area contributed by atoms with E-state index in [2.05, 4.69) is 25.2 Å². The van der Waals surface area contributed by atoms with Gasteiger partial charge in [-0.2, -0.15) is 0 Å². The molecule has 1 saturated heterocycles. The molecule has 1 aliphatic heterocycles. The molecule has 1 aromatic carbocycles. The van der Waals surface area contributed by atoms with E-state index in [1.165, 1.54) is 20.3 Å². The number of nitrogens with one attached hydrogen (secondary N) is 3. The molecule has 0 unspecified atom stereocenters. The van der Waals surface area contributed by atoms with Gasteiger partial charge in [0.1, 0.15) is 16.4 Å². The molecule has 3 N–H and O–H groups in total. The number of methoxy groups -OCH3 is 2. The third kappa shape index (κ3) is 8.07.